The monoisotopic (exact) mass is 212 g/mol. The Balaban J connectivity index is 2.15. The van der Waals surface area contributed by atoms with Gasteiger partial charge in [0.2, 0.25) is 0 Å². The molecule has 0 spiro atoms. The number of fused-ring (bicyclic) bond motifs is 1. The summed E-state index contributed by atoms with van der Waals surface area (Å²) in [6.45, 7) is 3.50. The maximum Gasteiger partial charge on any atom is 0.418 e. The van der Waals surface area contributed by atoms with E-state index >= 15 is 0 Å². The summed E-state index contributed by atoms with van der Waals surface area (Å²) >= 11 is 0. The molecule has 5 nitrogen and oxygen atoms in total. The predicted molar refractivity (Wildman–Crippen MR) is 53.0 cm³/mol. The van der Waals surface area contributed by atoms with Crippen molar-refractivity contribution in [3.05, 3.63) is 0 Å². The summed E-state index contributed by atoms with van der Waals surface area (Å²) in [7, 11) is 0. The lowest BCUT2D eigenvalue weighted by molar-refractivity contribution is -0.153. The fourth-order valence-electron chi connectivity index (χ4n) is 2.25. The first-order valence-corrected chi connectivity index (χ1v) is 5.49. The van der Waals surface area contributed by atoms with Crippen molar-refractivity contribution < 1.29 is 14.3 Å². The maximum atomic E-state index is 11.5. The highest BCUT2D eigenvalue weighted by Crippen LogP contribution is 2.26. The number of piperidine rings is 1. The Morgan fingerprint density at radius 2 is 2.33 bits per heavy atom. The van der Waals surface area contributed by atoms with E-state index in [1.807, 2.05) is 6.92 Å². The molecule has 0 radical (unpaired) electrons. The molecule has 2 saturated heterocycles. The molecule has 1 amide bonds. The summed E-state index contributed by atoms with van der Waals surface area (Å²) < 4.78 is 4.73. The SMILES string of the molecule is CCCN1C(=O)OC(=O)C2CCCNC21. The number of esters is 1. The van der Waals surface area contributed by atoms with E-state index in [-0.39, 0.29) is 18.1 Å². The average molecular weight is 212 g/mol. The highest BCUT2D eigenvalue weighted by atomic mass is 16.6. The number of carbonyl (C=O) groups excluding carboxylic acids is 2. The van der Waals surface area contributed by atoms with Gasteiger partial charge in [-0.3, -0.25) is 15.0 Å². The first kappa shape index (κ1) is 10.4. The quantitative estimate of drug-likeness (QED) is 0.540. The molecule has 0 aliphatic carbocycles. The van der Waals surface area contributed by atoms with Gasteiger partial charge in [0.05, 0.1) is 12.1 Å². The Labute approximate surface area is 88.8 Å². The van der Waals surface area contributed by atoms with E-state index in [1.54, 1.807) is 4.90 Å². The highest BCUT2D eigenvalue weighted by molar-refractivity contribution is 5.89. The standard InChI is InChI=1S/C10H16N2O3/c1-2-6-12-8-7(4-3-5-11-8)9(13)15-10(12)14/h7-8,11H,2-6H2,1H3. The normalized spacial score (nSPS) is 31.1. The fraction of sp³-hybridized carbons (Fsp3) is 0.800. The van der Waals surface area contributed by atoms with E-state index in [0.29, 0.717) is 6.54 Å². The Morgan fingerprint density at radius 1 is 1.53 bits per heavy atom. The highest BCUT2D eigenvalue weighted by Gasteiger charge is 2.43. The second kappa shape index (κ2) is 4.18. The number of hydrogen-bond acceptors (Lipinski definition) is 4. The molecule has 0 bridgehead atoms. The third-order valence-electron chi connectivity index (χ3n) is 2.95. The minimum atomic E-state index is -0.502. The minimum absolute atomic E-state index is 0.146. The zero-order chi connectivity index (χ0) is 10.8. The summed E-state index contributed by atoms with van der Waals surface area (Å²) in [6.07, 6.45) is 1.99. The van der Waals surface area contributed by atoms with Gasteiger partial charge >= 0.3 is 12.1 Å². The summed E-state index contributed by atoms with van der Waals surface area (Å²) in [4.78, 5) is 24.6. The van der Waals surface area contributed by atoms with Gasteiger partial charge in [-0.05, 0) is 25.8 Å². The summed E-state index contributed by atoms with van der Waals surface area (Å²) in [6, 6.07) is 0. The number of amides is 1. The molecular weight excluding hydrogens is 196 g/mol. The minimum Gasteiger partial charge on any atom is -0.376 e. The van der Waals surface area contributed by atoms with Crippen molar-refractivity contribution in [2.75, 3.05) is 13.1 Å². The summed E-state index contributed by atoms with van der Waals surface area (Å²) in [5, 5.41) is 3.22. The first-order chi connectivity index (χ1) is 7.24. The van der Waals surface area contributed by atoms with Crippen molar-refractivity contribution in [3.63, 3.8) is 0 Å². The van der Waals surface area contributed by atoms with E-state index < -0.39 is 6.09 Å². The largest absolute Gasteiger partial charge is 0.418 e. The summed E-state index contributed by atoms with van der Waals surface area (Å²) in [5.41, 5.74) is 0. The first-order valence-electron chi connectivity index (χ1n) is 5.49. The Bertz CT molecular complexity index is 280. The average Bonchev–Trinajstić information content (AvgIpc) is 2.24. The van der Waals surface area contributed by atoms with Gasteiger partial charge in [-0.2, -0.15) is 0 Å². The molecule has 1 N–H and O–H groups in total. The molecule has 2 unspecified atom stereocenters. The van der Waals surface area contributed by atoms with E-state index in [9.17, 15) is 9.59 Å². The number of carbonyl (C=O) groups is 2. The lowest BCUT2D eigenvalue weighted by atomic mass is 9.94. The third-order valence-corrected chi connectivity index (χ3v) is 2.95. The molecule has 2 rings (SSSR count). The van der Waals surface area contributed by atoms with Gasteiger partial charge in [0, 0.05) is 6.54 Å². The lowest BCUT2D eigenvalue weighted by Gasteiger charge is -2.41. The number of nitrogens with one attached hydrogen (secondary N) is 1. The molecule has 5 heteroatoms. The molecule has 2 aliphatic rings. The molecule has 0 saturated carbocycles. The zero-order valence-electron chi connectivity index (χ0n) is 8.86. The molecular formula is C10H16N2O3. The predicted octanol–water partition coefficient (Wildman–Crippen LogP) is 0.701. The molecule has 2 aliphatic heterocycles. The van der Waals surface area contributed by atoms with Crippen LogP contribution in [-0.2, 0) is 9.53 Å². The number of cyclic esters (lactones) is 2. The van der Waals surface area contributed by atoms with Crippen LogP contribution in [0.3, 0.4) is 0 Å². The van der Waals surface area contributed by atoms with Gasteiger partial charge in [-0.1, -0.05) is 6.92 Å². The van der Waals surface area contributed by atoms with E-state index in [2.05, 4.69) is 5.32 Å². The number of hydrogen-bond donors (Lipinski definition) is 1. The Morgan fingerprint density at radius 3 is 3.07 bits per heavy atom. The number of ether oxygens (including phenoxy) is 1. The van der Waals surface area contributed by atoms with Gasteiger partial charge in [-0.25, -0.2) is 4.79 Å². The Hall–Kier alpha value is -1.10. The van der Waals surface area contributed by atoms with E-state index in [0.717, 1.165) is 25.8 Å². The van der Waals surface area contributed by atoms with Crippen molar-refractivity contribution >= 4 is 12.1 Å². The van der Waals surface area contributed by atoms with E-state index in [1.165, 1.54) is 0 Å². The van der Waals surface area contributed by atoms with E-state index in [4.69, 9.17) is 4.74 Å². The zero-order valence-corrected chi connectivity index (χ0v) is 8.86. The van der Waals surface area contributed by atoms with Crippen molar-refractivity contribution in [3.8, 4) is 0 Å². The maximum absolute atomic E-state index is 11.5. The topological polar surface area (TPSA) is 58.6 Å². The van der Waals surface area contributed by atoms with Crippen molar-refractivity contribution in [2.24, 2.45) is 5.92 Å². The lowest BCUT2D eigenvalue weighted by Crippen LogP contribution is -2.61. The second-order valence-electron chi connectivity index (χ2n) is 4.03. The third kappa shape index (κ3) is 1.84. The summed E-state index contributed by atoms with van der Waals surface area (Å²) in [5.74, 6) is -0.549. The molecule has 2 heterocycles. The smallest absolute Gasteiger partial charge is 0.376 e. The van der Waals surface area contributed by atoms with Crippen LogP contribution in [0.25, 0.3) is 0 Å². The molecule has 0 aromatic rings. The molecule has 0 aromatic carbocycles. The van der Waals surface area contributed by atoms with Gasteiger partial charge in [0.25, 0.3) is 0 Å². The Kier molecular flexibility index (Phi) is 2.90. The van der Waals surface area contributed by atoms with Crippen LogP contribution in [-0.4, -0.2) is 36.2 Å². The molecule has 84 valence electrons. The second-order valence-corrected chi connectivity index (χ2v) is 4.03. The van der Waals surface area contributed by atoms with Crippen molar-refractivity contribution in [2.45, 2.75) is 32.4 Å². The van der Waals surface area contributed by atoms with Crippen LogP contribution in [0, 0.1) is 5.92 Å². The van der Waals surface area contributed by atoms with Crippen LogP contribution in [0.1, 0.15) is 26.2 Å². The van der Waals surface area contributed by atoms with Crippen molar-refractivity contribution in [1.82, 2.24) is 10.2 Å². The van der Waals surface area contributed by atoms with Gasteiger partial charge in [0.15, 0.2) is 0 Å². The van der Waals surface area contributed by atoms with Crippen LogP contribution in [0.15, 0.2) is 0 Å². The van der Waals surface area contributed by atoms with Gasteiger partial charge in [-0.15, -0.1) is 0 Å². The van der Waals surface area contributed by atoms with Crippen LogP contribution >= 0.6 is 0 Å². The molecule has 2 fully saturated rings. The molecule has 15 heavy (non-hydrogen) atoms. The van der Waals surface area contributed by atoms with Crippen LogP contribution in [0.5, 0.6) is 0 Å². The fourth-order valence-corrected chi connectivity index (χ4v) is 2.25. The van der Waals surface area contributed by atoms with Crippen molar-refractivity contribution in [1.29, 1.82) is 0 Å². The number of rotatable bonds is 2. The van der Waals surface area contributed by atoms with Crippen LogP contribution < -0.4 is 5.32 Å². The molecule has 2 atom stereocenters. The number of nitrogens with zero attached hydrogens (tertiary/aromatic N) is 1. The van der Waals surface area contributed by atoms with Gasteiger partial charge in [0.1, 0.15) is 0 Å². The molecule has 0 aromatic heterocycles. The van der Waals surface area contributed by atoms with Crippen LogP contribution in [0.4, 0.5) is 4.79 Å². The van der Waals surface area contributed by atoms with Crippen LogP contribution in [0.2, 0.25) is 0 Å². The van der Waals surface area contributed by atoms with Gasteiger partial charge < -0.3 is 4.74 Å².